The van der Waals surface area contributed by atoms with E-state index in [0.29, 0.717) is 10.7 Å². The standard InChI is InChI=1S/C19H16N6OS/c1-12-3-4-15(9-13(12)2)17-10-27-19(21-17)22-18(26)14-5-7-16(8-6-14)25-11-20-23-24-25/h3-11H,1-2H3,(H,21,22,26). The van der Waals surface area contributed by atoms with E-state index < -0.39 is 0 Å². The molecule has 0 bridgehead atoms. The summed E-state index contributed by atoms with van der Waals surface area (Å²) >= 11 is 1.40. The average Bonchev–Trinajstić information content (AvgIpc) is 3.36. The van der Waals surface area contributed by atoms with Crippen molar-refractivity contribution in [1.82, 2.24) is 25.2 Å². The quantitative estimate of drug-likeness (QED) is 0.587. The molecule has 2 heterocycles. The summed E-state index contributed by atoms with van der Waals surface area (Å²) in [5, 5.41) is 16.4. The Hall–Kier alpha value is -3.39. The zero-order chi connectivity index (χ0) is 18.8. The van der Waals surface area contributed by atoms with Gasteiger partial charge in [-0.15, -0.1) is 16.4 Å². The van der Waals surface area contributed by atoms with Gasteiger partial charge in [0.1, 0.15) is 6.33 Å². The molecule has 0 fully saturated rings. The van der Waals surface area contributed by atoms with E-state index in [9.17, 15) is 4.79 Å². The van der Waals surface area contributed by atoms with Crippen LogP contribution in [0.2, 0.25) is 0 Å². The number of nitrogens with one attached hydrogen (secondary N) is 1. The third kappa shape index (κ3) is 3.61. The fourth-order valence-electron chi connectivity index (χ4n) is 2.58. The Morgan fingerprint density at radius 2 is 1.89 bits per heavy atom. The molecule has 0 unspecified atom stereocenters. The topological polar surface area (TPSA) is 85.6 Å². The third-order valence-electron chi connectivity index (χ3n) is 4.27. The van der Waals surface area contributed by atoms with E-state index in [0.717, 1.165) is 16.9 Å². The second kappa shape index (κ2) is 7.08. The molecule has 4 aromatic rings. The molecule has 1 N–H and O–H groups in total. The lowest BCUT2D eigenvalue weighted by Gasteiger charge is -2.04. The molecule has 0 saturated heterocycles. The number of rotatable bonds is 4. The summed E-state index contributed by atoms with van der Waals surface area (Å²) in [6.45, 7) is 4.16. The zero-order valence-electron chi connectivity index (χ0n) is 14.7. The van der Waals surface area contributed by atoms with Crippen LogP contribution in [0, 0.1) is 13.8 Å². The van der Waals surface area contributed by atoms with Crippen LogP contribution >= 0.6 is 11.3 Å². The number of anilines is 1. The van der Waals surface area contributed by atoms with Crippen molar-refractivity contribution in [3.8, 4) is 16.9 Å². The van der Waals surface area contributed by atoms with Gasteiger partial charge in [0.2, 0.25) is 0 Å². The van der Waals surface area contributed by atoms with Crippen molar-refractivity contribution < 1.29 is 4.79 Å². The minimum absolute atomic E-state index is 0.209. The van der Waals surface area contributed by atoms with Crippen molar-refractivity contribution in [1.29, 1.82) is 0 Å². The number of aromatic nitrogens is 5. The highest BCUT2D eigenvalue weighted by atomic mass is 32.1. The number of aryl methyl sites for hydroxylation is 2. The van der Waals surface area contributed by atoms with Gasteiger partial charge in [-0.3, -0.25) is 10.1 Å². The molecule has 27 heavy (non-hydrogen) atoms. The van der Waals surface area contributed by atoms with Gasteiger partial charge in [-0.1, -0.05) is 12.1 Å². The predicted molar refractivity (Wildman–Crippen MR) is 104 cm³/mol. The first kappa shape index (κ1) is 17.0. The average molecular weight is 376 g/mol. The molecule has 7 nitrogen and oxygen atoms in total. The number of amides is 1. The van der Waals surface area contributed by atoms with Crippen LogP contribution < -0.4 is 5.32 Å². The number of carbonyl (C=O) groups excluding carboxylic acids is 1. The van der Waals surface area contributed by atoms with Crippen LogP contribution in [-0.2, 0) is 0 Å². The summed E-state index contributed by atoms with van der Waals surface area (Å²) in [7, 11) is 0. The Morgan fingerprint density at radius 1 is 1.07 bits per heavy atom. The molecule has 0 aliphatic carbocycles. The van der Waals surface area contributed by atoms with Crippen LogP contribution in [-0.4, -0.2) is 31.1 Å². The number of hydrogen-bond acceptors (Lipinski definition) is 6. The van der Waals surface area contributed by atoms with Crippen molar-refractivity contribution in [3.05, 3.63) is 70.9 Å². The molecule has 134 valence electrons. The molecular formula is C19H16N6OS. The molecule has 8 heteroatoms. The maximum absolute atomic E-state index is 12.5. The molecule has 0 spiro atoms. The molecule has 4 rings (SSSR count). The predicted octanol–water partition coefficient (Wildman–Crippen LogP) is 3.65. The smallest absolute Gasteiger partial charge is 0.257 e. The molecular weight excluding hydrogens is 360 g/mol. The van der Waals surface area contributed by atoms with Gasteiger partial charge in [-0.05, 0) is 65.7 Å². The first-order valence-corrected chi connectivity index (χ1v) is 9.16. The van der Waals surface area contributed by atoms with Crippen LogP contribution in [0.15, 0.2) is 54.2 Å². The van der Waals surface area contributed by atoms with E-state index in [1.165, 1.54) is 33.5 Å². The fraction of sp³-hybridized carbons (Fsp3) is 0.105. The molecule has 2 aromatic heterocycles. The Labute approximate surface area is 159 Å². The zero-order valence-corrected chi connectivity index (χ0v) is 15.6. The third-order valence-corrected chi connectivity index (χ3v) is 5.03. The second-order valence-corrected chi connectivity index (χ2v) is 6.95. The van der Waals surface area contributed by atoms with E-state index in [2.05, 4.69) is 51.8 Å². The number of carbonyl (C=O) groups is 1. The lowest BCUT2D eigenvalue weighted by atomic mass is 10.1. The Kier molecular flexibility index (Phi) is 4.47. The Balaban J connectivity index is 1.48. The highest BCUT2D eigenvalue weighted by Gasteiger charge is 2.11. The monoisotopic (exact) mass is 376 g/mol. The number of nitrogens with zero attached hydrogens (tertiary/aromatic N) is 5. The van der Waals surface area contributed by atoms with Crippen molar-refractivity contribution in [3.63, 3.8) is 0 Å². The van der Waals surface area contributed by atoms with Crippen LogP contribution in [0.3, 0.4) is 0 Å². The molecule has 2 aromatic carbocycles. The molecule has 0 aliphatic rings. The van der Waals surface area contributed by atoms with E-state index in [1.54, 1.807) is 24.3 Å². The largest absolute Gasteiger partial charge is 0.298 e. The summed E-state index contributed by atoms with van der Waals surface area (Å²) in [5.41, 5.74) is 5.67. The summed E-state index contributed by atoms with van der Waals surface area (Å²) in [6, 6.07) is 13.2. The van der Waals surface area contributed by atoms with Crippen LogP contribution in [0.4, 0.5) is 5.13 Å². The summed E-state index contributed by atoms with van der Waals surface area (Å²) in [4.78, 5) is 17.0. The van der Waals surface area contributed by atoms with Crippen LogP contribution in [0.5, 0.6) is 0 Å². The van der Waals surface area contributed by atoms with Crippen LogP contribution in [0.25, 0.3) is 16.9 Å². The lowest BCUT2D eigenvalue weighted by Crippen LogP contribution is -2.11. The number of benzene rings is 2. The van der Waals surface area contributed by atoms with Crippen molar-refractivity contribution in [2.45, 2.75) is 13.8 Å². The van der Waals surface area contributed by atoms with Gasteiger partial charge >= 0.3 is 0 Å². The number of thiazole rings is 1. The maximum atomic E-state index is 12.5. The number of hydrogen-bond donors (Lipinski definition) is 1. The van der Waals surface area contributed by atoms with E-state index in [1.807, 2.05) is 11.4 Å². The van der Waals surface area contributed by atoms with Gasteiger partial charge in [0, 0.05) is 16.5 Å². The molecule has 0 atom stereocenters. The van der Waals surface area contributed by atoms with Gasteiger partial charge in [0.05, 0.1) is 11.4 Å². The van der Waals surface area contributed by atoms with E-state index >= 15 is 0 Å². The fourth-order valence-corrected chi connectivity index (χ4v) is 3.29. The molecule has 0 saturated carbocycles. The highest BCUT2D eigenvalue weighted by molar-refractivity contribution is 7.14. The van der Waals surface area contributed by atoms with Crippen molar-refractivity contribution in [2.24, 2.45) is 0 Å². The second-order valence-electron chi connectivity index (χ2n) is 6.09. The minimum atomic E-state index is -0.209. The maximum Gasteiger partial charge on any atom is 0.257 e. The van der Waals surface area contributed by atoms with Gasteiger partial charge in [-0.25, -0.2) is 9.67 Å². The SMILES string of the molecule is Cc1ccc(-c2csc(NC(=O)c3ccc(-n4cnnn4)cc3)n2)cc1C. The molecule has 1 amide bonds. The first-order valence-electron chi connectivity index (χ1n) is 8.28. The van der Waals surface area contributed by atoms with Crippen molar-refractivity contribution >= 4 is 22.4 Å². The summed E-state index contributed by atoms with van der Waals surface area (Å²) < 4.78 is 1.53. The molecule has 0 radical (unpaired) electrons. The van der Waals surface area contributed by atoms with Gasteiger partial charge in [0.15, 0.2) is 5.13 Å². The van der Waals surface area contributed by atoms with Crippen molar-refractivity contribution in [2.75, 3.05) is 5.32 Å². The Morgan fingerprint density at radius 3 is 2.59 bits per heavy atom. The lowest BCUT2D eigenvalue weighted by molar-refractivity contribution is 0.102. The minimum Gasteiger partial charge on any atom is -0.298 e. The van der Waals surface area contributed by atoms with Gasteiger partial charge < -0.3 is 0 Å². The van der Waals surface area contributed by atoms with Gasteiger partial charge in [0.25, 0.3) is 5.91 Å². The van der Waals surface area contributed by atoms with Crippen LogP contribution in [0.1, 0.15) is 21.5 Å². The summed E-state index contributed by atoms with van der Waals surface area (Å²) in [5.74, 6) is -0.209. The first-order chi connectivity index (χ1) is 13.1. The number of tetrazole rings is 1. The van der Waals surface area contributed by atoms with E-state index in [-0.39, 0.29) is 5.91 Å². The van der Waals surface area contributed by atoms with Gasteiger partial charge in [-0.2, -0.15) is 0 Å². The highest BCUT2D eigenvalue weighted by Crippen LogP contribution is 2.26. The normalized spacial score (nSPS) is 10.7. The molecule has 0 aliphatic heterocycles. The Bertz CT molecular complexity index is 1090. The van der Waals surface area contributed by atoms with E-state index in [4.69, 9.17) is 0 Å². The summed E-state index contributed by atoms with van der Waals surface area (Å²) in [6.07, 6.45) is 1.50.